The molecule has 6 rings (SSSR count). The third-order valence-corrected chi connectivity index (χ3v) is 11.7. The number of fused-ring (bicyclic) bond motifs is 5. The van der Waals surface area contributed by atoms with E-state index in [0.29, 0.717) is 19.5 Å². The zero-order valence-electron chi connectivity index (χ0n) is 21.1. The molecule has 3 N–H and O–H groups in total. The van der Waals surface area contributed by atoms with Crippen molar-refractivity contribution < 1.29 is 19.4 Å². The SMILES string of the molecule is C[C@]12CC[C@H](N3CCNC(=O)C3)C[C@@]1(O)CC[C@@H]1[C@@H]2CC[C@]2(C)[C@@H](c3ccc(=O)oc3)CC[C@]12O. The van der Waals surface area contributed by atoms with Crippen LogP contribution >= 0.6 is 0 Å². The first kappa shape index (κ1) is 23.7. The van der Waals surface area contributed by atoms with Crippen LogP contribution in [-0.2, 0) is 4.79 Å². The van der Waals surface area contributed by atoms with Crippen molar-refractivity contribution in [3.05, 3.63) is 34.4 Å². The van der Waals surface area contributed by atoms with Gasteiger partial charge in [-0.15, -0.1) is 0 Å². The molecule has 0 unspecified atom stereocenters. The van der Waals surface area contributed by atoms with Gasteiger partial charge in [0.05, 0.1) is 24.0 Å². The average molecular weight is 485 g/mol. The summed E-state index contributed by atoms with van der Waals surface area (Å²) in [4.78, 5) is 25.8. The van der Waals surface area contributed by atoms with Gasteiger partial charge in [0.2, 0.25) is 5.91 Å². The number of hydrogen-bond acceptors (Lipinski definition) is 6. The summed E-state index contributed by atoms with van der Waals surface area (Å²) in [5, 5.41) is 27.5. The Hall–Kier alpha value is -1.70. The Morgan fingerprint density at radius 3 is 2.49 bits per heavy atom. The summed E-state index contributed by atoms with van der Waals surface area (Å²) in [6.45, 7) is 6.50. The fourth-order valence-electron chi connectivity index (χ4n) is 9.58. The molecule has 0 bridgehead atoms. The number of hydrogen-bond donors (Lipinski definition) is 3. The highest BCUT2D eigenvalue weighted by molar-refractivity contribution is 5.78. The summed E-state index contributed by atoms with van der Waals surface area (Å²) in [5.41, 5.74) is -1.34. The maximum absolute atomic E-state index is 12.4. The van der Waals surface area contributed by atoms with Gasteiger partial charge in [-0.25, -0.2) is 4.79 Å². The molecule has 7 nitrogen and oxygen atoms in total. The molecule has 192 valence electrons. The molecule has 1 aromatic rings. The Morgan fingerprint density at radius 2 is 1.74 bits per heavy atom. The molecule has 35 heavy (non-hydrogen) atoms. The van der Waals surface area contributed by atoms with Crippen molar-refractivity contribution in [1.82, 2.24) is 10.2 Å². The first-order valence-corrected chi connectivity index (χ1v) is 13.6. The molecule has 8 atom stereocenters. The summed E-state index contributed by atoms with van der Waals surface area (Å²) >= 11 is 0. The van der Waals surface area contributed by atoms with E-state index in [4.69, 9.17) is 4.42 Å². The van der Waals surface area contributed by atoms with E-state index in [1.807, 2.05) is 6.07 Å². The molecule has 0 aromatic carbocycles. The molecule has 0 radical (unpaired) electrons. The van der Waals surface area contributed by atoms with Crippen molar-refractivity contribution in [2.45, 2.75) is 94.8 Å². The number of amides is 1. The van der Waals surface area contributed by atoms with Crippen molar-refractivity contribution in [3.63, 3.8) is 0 Å². The molecular formula is C28H40N2O5. The maximum Gasteiger partial charge on any atom is 0.335 e. The van der Waals surface area contributed by atoms with Gasteiger partial charge < -0.3 is 19.9 Å². The number of carbonyl (C=O) groups is 1. The second kappa shape index (κ2) is 7.90. The standard InChI is InChI=1S/C28H40N2O5/c1-25-9-5-19(30-14-13-29-23(31)16-30)15-27(25,33)11-7-22-21(25)6-10-26(2)20(8-12-28(22,26)34)18-3-4-24(32)35-17-18/h3-4,17,19-22,33-34H,5-16H2,1-2H3,(H,29,31)/t19-,20+,21-,22+,25+,26+,27-,28-/m0/s1. The number of rotatable bonds is 2. The zero-order valence-corrected chi connectivity index (χ0v) is 21.1. The van der Waals surface area contributed by atoms with Crippen LogP contribution in [0.1, 0.15) is 83.1 Å². The van der Waals surface area contributed by atoms with E-state index in [0.717, 1.165) is 63.5 Å². The van der Waals surface area contributed by atoms with E-state index in [1.54, 1.807) is 6.26 Å². The monoisotopic (exact) mass is 484 g/mol. The highest BCUT2D eigenvalue weighted by Crippen LogP contribution is 2.71. The summed E-state index contributed by atoms with van der Waals surface area (Å²) in [7, 11) is 0. The van der Waals surface area contributed by atoms with Gasteiger partial charge >= 0.3 is 5.63 Å². The van der Waals surface area contributed by atoms with Gasteiger partial charge in [-0.2, -0.15) is 0 Å². The smallest absolute Gasteiger partial charge is 0.335 e. The Kier molecular flexibility index (Phi) is 5.34. The van der Waals surface area contributed by atoms with Crippen LogP contribution in [0.5, 0.6) is 0 Å². The van der Waals surface area contributed by atoms with Crippen LogP contribution in [0.3, 0.4) is 0 Å². The Balaban J connectivity index is 1.26. The van der Waals surface area contributed by atoms with Gasteiger partial charge in [-0.05, 0) is 92.6 Å². The van der Waals surface area contributed by atoms with E-state index < -0.39 is 11.2 Å². The summed E-state index contributed by atoms with van der Waals surface area (Å²) < 4.78 is 5.20. The summed E-state index contributed by atoms with van der Waals surface area (Å²) in [6.07, 6.45) is 9.38. The Morgan fingerprint density at radius 1 is 0.971 bits per heavy atom. The number of nitrogens with zero attached hydrogens (tertiary/aromatic N) is 1. The van der Waals surface area contributed by atoms with Crippen LogP contribution in [0, 0.1) is 22.7 Å². The van der Waals surface area contributed by atoms with Gasteiger partial charge in [0.25, 0.3) is 0 Å². The molecule has 1 saturated heterocycles. The molecule has 4 aliphatic carbocycles. The molecule has 5 aliphatic rings. The van der Waals surface area contributed by atoms with Crippen LogP contribution in [0.25, 0.3) is 0 Å². The van der Waals surface area contributed by atoms with Crippen LogP contribution in [0.15, 0.2) is 27.6 Å². The van der Waals surface area contributed by atoms with E-state index in [2.05, 4.69) is 24.1 Å². The van der Waals surface area contributed by atoms with Crippen molar-refractivity contribution in [2.24, 2.45) is 22.7 Å². The topological polar surface area (TPSA) is 103 Å². The van der Waals surface area contributed by atoms with Crippen molar-refractivity contribution in [2.75, 3.05) is 19.6 Å². The minimum absolute atomic E-state index is 0.0857. The fourth-order valence-corrected chi connectivity index (χ4v) is 9.58. The minimum atomic E-state index is -0.775. The Bertz CT molecular complexity index is 1050. The van der Waals surface area contributed by atoms with Crippen molar-refractivity contribution in [3.8, 4) is 0 Å². The largest absolute Gasteiger partial charge is 0.431 e. The average Bonchev–Trinajstić information content (AvgIpc) is 3.11. The lowest BCUT2D eigenvalue weighted by molar-refractivity contribution is -0.250. The van der Waals surface area contributed by atoms with Crippen molar-refractivity contribution in [1.29, 1.82) is 0 Å². The van der Waals surface area contributed by atoms with E-state index in [1.165, 1.54) is 6.07 Å². The number of piperazine rings is 1. The minimum Gasteiger partial charge on any atom is -0.431 e. The molecule has 5 fully saturated rings. The summed E-state index contributed by atoms with van der Waals surface area (Å²) in [5.74, 6) is 0.719. The van der Waals surface area contributed by atoms with E-state index in [-0.39, 0.29) is 46.2 Å². The molecule has 7 heteroatoms. The van der Waals surface area contributed by atoms with Crippen LogP contribution < -0.4 is 10.9 Å². The van der Waals surface area contributed by atoms with Gasteiger partial charge in [0, 0.05) is 30.6 Å². The second-order valence-corrected chi connectivity index (χ2v) is 12.8. The molecule has 1 amide bonds. The molecular weight excluding hydrogens is 444 g/mol. The highest BCUT2D eigenvalue weighted by Gasteiger charge is 2.70. The number of carbonyl (C=O) groups excluding carboxylic acids is 1. The van der Waals surface area contributed by atoms with Gasteiger partial charge in [0.15, 0.2) is 0 Å². The first-order chi connectivity index (χ1) is 16.6. The third-order valence-electron chi connectivity index (χ3n) is 11.7. The van der Waals surface area contributed by atoms with Gasteiger partial charge in [-0.3, -0.25) is 9.69 Å². The quantitative estimate of drug-likeness (QED) is 0.597. The molecule has 1 aromatic heterocycles. The normalized spacial score (nSPS) is 47.9. The lowest BCUT2D eigenvalue weighted by atomic mass is 9.41. The predicted molar refractivity (Wildman–Crippen MR) is 131 cm³/mol. The zero-order chi connectivity index (χ0) is 24.6. The van der Waals surface area contributed by atoms with Gasteiger partial charge in [-0.1, -0.05) is 13.8 Å². The van der Waals surface area contributed by atoms with E-state index in [9.17, 15) is 19.8 Å². The van der Waals surface area contributed by atoms with Crippen LogP contribution in [0.4, 0.5) is 0 Å². The Labute approximate surface area is 207 Å². The maximum atomic E-state index is 12.4. The number of nitrogens with one attached hydrogen (secondary N) is 1. The molecule has 0 spiro atoms. The molecule has 1 aliphatic heterocycles. The lowest BCUT2D eigenvalue weighted by Crippen LogP contribution is -2.68. The van der Waals surface area contributed by atoms with Crippen LogP contribution in [-0.4, -0.2) is 57.9 Å². The van der Waals surface area contributed by atoms with Gasteiger partial charge in [0.1, 0.15) is 0 Å². The first-order valence-electron chi connectivity index (χ1n) is 13.6. The molecule has 4 saturated carbocycles. The lowest BCUT2D eigenvalue weighted by Gasteiger charge is -2.66. The molecule has 2 heterocycles. The second-order valence-electron chi connectivity index (χ2n) is 12.8. The fraction of sp³-hybridized carbons (Fsp3) is 0.786. The predicted octanol–water partition coefficient (Wildman–Crippen LogP) is 2.80. The summed E-state index contributed by atoms with van der Waals surface area (Å²) in [6, 6.07) is 3.62. The van der Waals surface area contributed by atoms with Crippen LogP contribution in [0.2, 0.25) is 0 Å². The number of aliphatic hydroxyl groups is 2. The highest BCUT2D eigenvalue weighted by atomic mass is 16.4. The third kappa shape index (κ3) is 3.27. The van der Waals surface area contributed by atoms with Crippen molar-refractivity contribution >= 4 is 5.91 Å². The van der Waals surface area contributed by atoms with E-state index >= 15 is 0 Å².